The number of sulfonamides is 1. The number of nitrogens with two attached hydrogens (primary N) is 1. The first kappa shape index (κ1) is 12.9. The van der Waals surface area contributed by atoms with Crippen molar-refractivity contribution in [2.45, 2.75) is 18.5 Å². The third-order valence-electron chi connectivity index (χ3n) is 2.16. The summed E-state index contributed by atoms with van der Waals surface area (Å²) in [6.45, 7) is 2.04. The van der Waals surface area contributed by atoms with Crippen LogP contribution in [0.3, 0.4) is 0 Å². The van der Waals surface area contributed by atoms with E-state index in [0.717, 1.165) is 9.88 Å². The summed E-state index contributed by atoms with van der Waals surface area (Å²) in [5.74, 6) is 0. The summed E-state index contributed by atoms with van der Waals surface area (Å²) in [6.07, 6.45) is 3.03. The summed E-state index contributed by atoms with van der Waals surface area (Å²) in [5, 5.41) is 0.743. The Morgan fingerprint density at radius 3 is 2.83 bits per heavy atom. The number of aryl methyl sites for hydroxylation is 1. The SMILES string of the molecule is Cc1ncc(CNS(=O)(=O)c2ncccc2N)s1. The molecule has 0 spiro atoms. The highest BCUT2D eigenvalue weighted by molar-refractivity contribution is 7.89. The van der Waals surface area contributed by atoms with E-state index in [2.05, 4.69) is 14.7 Å². The summed E-state index contributed by atoms with van der Waals surface area (Å²) >= 11 is 1.44. The van der Waals surface area contributed by atoms with Crippen LogP contribution in [-0.4, -0.2) is 18.4 Å². The molecule has 0 saturated heterocycles. The van der Waals surface area contributed by atoms with Gasteiger partial charge in [-0.3, -0.25) is 0 Å². The smallest absolute Gasteiger partial charge is 0.260 e. The minimum Gasteiger partial charge on any atom is -0.396 e. The van der Waals surface area contributed by atoms with E-state index < -0.39 is 10.0 Å². The molecular formula is C10H12N4O2S2. The molecule has 0 amide bonds. The third-order valence-corrected chi connectivity index (χ3v) is 4.45. The van der Waals surface area contributed by atoms with Gasteiger partial charge in [0, 0.05) is 23.8 Å². The molecule has 2 aromatic rings. The number of nitrogen functional groups attached to an aromatic ring is 1. The van der Waals surface area contributed by atoms with Gasteiger partial charge in [-0.15, -0.1) is 11.3 Å². The van der Waals surface area contributed by atoms with Crippen LogP contribution in [0.1, 0.15) is 9.88 Å². The monoisotopic (exact) mass is 284 g/mol. The molecule has 0 aliphatic rings. The van der Waals surface area contributed by atoms with Gasteiger partial charge in [-0.05, 0) is 19.1 Å². The number of pyridine rings is 1. The van der Waals surface area contributed by atoms with Crippen molar-refractivity contribution in [2.24, 2.45) is 0 Å². The predicted octanol–water partition coefficient (Wildman–Crippen LogP) is 0.907. The van der Waals surface area contributed by atoms with Gasteiger partial charge < -0.3 is 5.73 Å². The molecular weight excluding hydrogens is 272 g/mol. The zero-order valence-corrected chi connectivity index (χ0v) is 11.3. The maximum absolute atomic E-state index is 12.0. The van der Waals surface area contributed by atoms with Gasteiger partial charge in [0.2, 0.25) is 0 Å². The van der Waals surface area contributed by atoms with Crippen LogP contribution >= 0.6 is 11.3 Å². The molecule has 0 saturated carbocycles. The highest BCUT2D eigenvalue weighted by Gasteiger charge is 2.18. The standard InChI is InChI=1S/C10H12N4O2S2/c1-7-13-5-8(17-7)6-14-18(15,16)10-9(11)3-2-4-12-10/h2-5,14H,6,11H2,1H3. The number of nitrogens with one attached hydrogen (secondary N) is 1. The quantitative estimate of drug-likeness (QED) is 0.869. The minimum absolute atomic E-state index is 0.130. The second-order valence-corrected chi connectivity index (χ2v) is 6.57. The predicted molar refractivity (Wildman–Crippen MR) is 69.5 cm³/mol. The van der Waals surface area contributed by atoms with Gasteiger partial charge >= 0.3 is 0 Å². The van der Waals surface area contributed by atoms with Crippen molar-refractivity contribution >= 4 is 27.0 Å². The summed E-state index contributed by atoms with van der Waals surface area (Å²) < 4.78 is 26.4. The lowest BCUT2D eigenvalue weighted by molar-refractivity contribution is 0.578. The summed E-state index contributed by atoms with van der Waals surface area (Å²) in [7, 11) is -3.69. The summed E-state index contributed by atoms with van der Waals surface area (Å²) in [5.41, 5.74) is 5.72. The fraction of sp³-hybridized carbons (Fsp3) is 0.200. The Balaban J connectivity index is 2.16. The first-order chi connectivity index (χ1) is 8.49. The highest BCUT2D eigenvalue weighted by atomic mass is 32.2. The Morgan fingerprint density at radius 1 is 1.44 bits per heavy atom. The van der Waals surface area contributed by atoms with Gasteiger partial charge in [-0.1, -0.05) is 0 Å². The first-order valence-electron chi connectivity index (χ1n) is 5.10. The van der Waals surface area contributed by atoms with Crippen LogP contribution in [0.2, 0.25) is 0 Å². The number of anilines is 1. The van der Waals surface area contributed by atoms with Crippen LogP contribution in [0.25, 0.3) is 0 Å². The molecule has 2 heterocycles. The zero-order valence-electron chi connectivity index (χ0n) is 9.62. The topological polar surface area (TPSA) is 98.0 Å². The first-order valence-corrected chi connectivity index (χ1v) is 7.40. The van der Waals surface area contributed by atoms with Gasteiger partial charge in [0.15, 0.2) is 5.03 Å². The maximum atomic E-state index is 12.0. The van der Waals surface area contributed by atoms with Crippen molar-refractivity contribution in [1.29, 1.82) is 0 Å². The highest BCUT2D eigenvalue weighted by Crippen LogP contribution is 2.16. The largest absolute Gasteiger partial charge is 0.396 e. The number of nitrogens with zero attached hydrogens (tertiary/aromatic N) is 2. The van der Waals surface area contributed by atoms with Crippen molar-refractivity contribution < 1.29 is 8.42 Å². The van der Waals surface area contributed by atoms with Crippen molar-refractivity contribution in [3.63, 3.8) is 0 Å². The molecule has 3 N–H and O–H groups in total. The number of rotatable bonds is 4. The maximum Gasteiger partial charge on any atom is 0.260 e. The average molecular weight is 284 g/mol. The Hall–Kier alpha value is -1.51. The Labute approximate surface area is 109 Å². The van der Waals surface area contributed by atoms with Crippen molar-refractivity contribution in [3.05, 3.63) is 34.4 Å². The van der Waals surface area contributed by atoms with Crippen molar-refractivity contribution in [2.75, 3.05) is 5.73 Å². The van der Waals surface area contributed by atoms with Crippen LogP contribution in [0.15, 0.2) is 29.6 Å². The van der Waals surface area contributed by atoms with E-state index in [-0.39, 0.29) is 17.3 Å². The lowest BCUT2D eigenvalue weighted by atomic mass is 10.4. The average Bonchev–Trinajstić information content (AvgIpc) is 2.73. The van der Waals surface area contributed by atoms with Gasteiger partial charge in [0.05, 0.1) is 10.7 Å². The van der Waals surface area contributed by atoms with Crippen LogP contribution in [0, 0.1) is 6.92 Å². The van der Waals surface area contributed by atoms with E-state index in [1.165, 1.54) is 23.6 Å². The normalized spacial score (nSPS) is 11.6. The molecule has 0 radical (unpaired) electrons. The molecule has 0 unspecified atom stereocenters. The fourth-order valence-corrected chi connectivity index (χ4v) is 3.24. The van der Waals surface area contributed by atoms with Gasteiger partial charge in [0.25, 0.3) is 10.0 Å². The third kappa shape index (κ3) is 2.84. The van der Waals surface area contributed by atoms with E-state index >= 15 is 0 Å². The molecule has 0 bridgehead atoms. The Bertz CT molecular complexity index is 651. The molecule has 8 heteroatoms. The zero-order chi connectivity index (χ0) is 13.2. The molecule has 0 aliphatic carbocycles. The molecule has 0 atom stereocenters. The molecule has 0 aromatic carbocycles. The van der Waals surface area contributed by atoms with Crippen LogP contribution in [-0.2, 0) is 16.6 Å². The lowest BCUT2D eigenvalue weighted by Gasteiger charge is -2.06. The molecule has 0 aliphatic heterocycles. The minimum atomic E-state index is -3.69. The fourth-order valence-electron chi connectivity index (χ4n) is 1.35. The van der Waals surface area contributed by atoms with E-state index in [9.17, 15) is 8.42 Å². The van der Waals surface area contributed by atoms with Gasteiger partial charge in [-0.2, -0.15) is 0 Å². The van der Waals surface area contributed by atoms with Crippen molar-refractivity contribution in [1.82, 2.24) is 14.7 Å². The second-order valence-electron chi connectivity index (χ2n) is 3.57. The second kappa shape index (κ2) is 5.01. The van der Waals surface area contributed by atoms with E-state index in [0.29, 0.717) is 0 Å². The Morgan fingerprint density at radius 2 is 2.22 bits per heavy atom. The number of hydrogen-bond acceptors (Lipinski definition) is 6. The lowest BCUT2D eigenvalue weighted by Crippen LogP contribution is -2.24. The summed E-state index contributed by atoms with van der Waals surface area (Å²) in [4.78, 5) is 8.67. The summed E-state index contributed by atoms with van der Waals surface area (Å²) in [6, 6.07) is 3.08. The molecule has 6 nitrogen and oxygen atoms in total. The molecule has 96 valence electrons. The van der Waals surface area contributed by atoms with Crippen LogP contribution in [0.5, 0.6) is 0 Å². The molecule has 2 aromatic heterocycles. The van der Waals surface area contributed by atoms with E-state index in [1.54, 1.807) is 12.3 Å². The number of thiazole rings is 1. The molecule has 18 heavy (non-hydrogen) atoms. The van der Waals surface area contributed by atoms with Crippen LogP contribution in [0.4, 0.5) is 5.69 Å². The van der Waals surface area contributed by atoms with E-state index in [1.807, 2.05) is 6.92 Å². The van der Waals surface area contributed by atoms with Crippen molar-refractivity contribution in [3.8, 4) is 0 Å². The Kier molecular flexibility index (Phi) is 3.60. The van der Waals surface area contributed by atoms with E-state index in [4.69, 9.17) is 5.73 Å². The van der Waals surface area contributed by atoms with Gasteiger partial charge in [0.1, 0.15) is 0 Å². The number of aromatic nitrogens is 2. The number of hydrogen-bond donors (Lipinski definition) is 2. The molecule has 2 rings (SSSR count). The molecule has 0 fully saturated rings. The van der Waals surface area contributed by atoms with Crippen LogP contribution < -0.4 is 10.5 Å². The van der Waals surface area contributed by atoms with Gasteiger partial charge in [-0.25, -0.2) is 23.1 Å².